The van der Waals surface area contributed by atoms with Gasteiger partial charge >= 0.3 is 43.7 Å². The van der Waals surface area contributed by atoms with Gasteiger partial charge < -0.3 is 30.3 Å². The number of carboxylic acids is 1. The molecule has 1 heterocycles. The molecule has 0 radical (unpaired) electrons. The summed E-state index contributed by atoms with van der Waals surface area (Å²) in [6.45, 7) is 4.07. The molecule has 0 aliphatic carbocycles. The van der Waals surface area contributed by atoms with Crippen LogP contribution in [0.5, 0.6) is 0 Å². The summed E-state index contributed by atoms with van der Waals surface area (Å²) in [4.78, 5) is 25.1. The summed E-state index contributed by atoms with van der Waals surface area (Å²) in [6, 6.07) is 22.3. The smallest absolute Gasteiger partial charge is 0.481 e. The number of nitrogens with one attached hydrogen (secondary N) is 1. The second kappa shape index (κ2) is 17.6. The Balaban J connectivity index is 0.00000353. The number of nitrogens with zero attached hydrogens (tertiary/aromatic N) is 1. The Kier molecular flexibility index (Phi) is 14.9. The van der Waals surface area contributed by atoms with Crippen LogP contribution in [0.2, 0.25) is 0 Å². The van der Waals surface area contributed by atoms with E-state index in [1.807, 2.05) is 48.7 Å². The van der Waals surface area contributed by atoms with Gasteiger partial charge in [0.25, 0.3) is 5.91 Å². The molecule has 1 aromatic heterocycles. The van der Waals surface area contributed by atoms with Crippen molar-refractivity contribution < 1.29 is 34.4 Å². The summed E-state index contributed by atoms with van der Waals surface area (Å²) in [6.07, 6.45) is -2.60. The molecule has 0 spiro atoms. The number of amides is 1. The number of hydrogen-bond acceptors (Lipinski definition) is 5. The molecular formula is C35H41CaFN2O6+2. The van der Waals surface area contributed by atoms with E-state index in [1.165, 1.54) is 12.1 Å². The second-order valence-corrected chi connectivity index (χ2v) is 10.9. The monoisotopic (exact) mass is 644 g/mol. The Morgan fingerprint density at radius 1 is 0.889 bits per heavy atom. The zero-order valence-corrected chi connectivity index (χ0v) is 27.1. The first kappa shape index (κ1) is 38.1. The van der Waals surface area contributed by atoms with Gasteiger partial charge in [0.1, 0.15) is 5.82 Å². The SMILES string of the molecule is C.CC(C)c1c(C(=O)Nc2ccc(CO)cc2)c(-c2ccccc2)c(-c2ccc(F)cc2)n1CC[C@@H](O)C[C@@H](O)CC(=O)O.[Ca+2]. The number of carbonyl (C=O) groups is 2. The predicted octanol–water partition coefficient (Wildman–Crippen LogP) is 6.06. The van der Waals surface area contributed by atoms with Crippen LogP contribution in [0.15, 0.2) is 78.9 Å². The Bertz CT molecular complexity index is 1540. The van der Waals surface area contributed by atoms with E-state index < -0.39 is 30.4 Å². The molecule has 5 N–H and O–H groups in total. The van der Waals surface area contributed by atoms with E-state index in [9.17, 15) is 29.3 Å². The van der Waals surface area contributed by atoms with Crippen molar-refractivity contribution in [2.45, 2.75) is 71.8 Å². The Morgan fingerprint density at radius 2 is 1.51 bits per heavy atom. The molecule has 0 saturated carbocycles. The third kappa shape index (κ3) is 9.72. The van der Waals surface area contributed by atoms with Crippen LogP contribution in [-0.4, -0.2) is 86.8 Å². The van der Waals surface area contributed by atoms with Crippen molar-refractivity contribution in [2.24, 2.45) is 0 Å². The van der Waals surface area contributed by atoms with Crippen molar-refractivity contribution in [1.29, 1.82) is 0 Å². The van der Waals surface area contributed by atoms with E-state index in [4.69, 9.17) is 5.11 Å². The molecular weight excluding hydrogens is 603 g/mol. The van der Waals surface area contributed by atoms with Crippen LogP contribution in [-0.2, 0) is 17.9 Å². The molecule has 10 heteroatoms. The molecule has 1 amide bonds. The number of aliphatic hydroxyl groups is 3. The first-order valence-electron chi connectivity index (χ1n) is 14.3. The minimum Gasteiger partial charge on any atom is -0.481 e. The number of hydrogen-bond donors (Lipinski definition) is 5. The standard InChI is InChI=1S/C34H37FN2O6.CH4.Ca/c1-21(2)32-31(34(43)36-26-14-8-22(20-38)9-15-26)30(23-6-4-3-5-7-23)33(24-10-12-25(35)13-11-24)37(32)17-16-27(39)18-28(40)19-29(41)42;;/h3-15,21,27-28,38-40H,16-20H2,1-2H3,(H,36,43)(H,41,42);1H4;/q;;+2/t27-,28-;;/m1../s1. The molecule has 0 aliphatic rings. The van der Waals surface area contributed by atoms with Gasteiger partial charge in [-0.2, -0.15) is 0 Å². The van der Waals surface area contributed by atoms with Crippen LogP contribution >= 0.6 is 0 Å². The van der Waals surface area contributed by atoms with Crippen LogP contribution in [0.4, 0.5) is 10.1 Å². The third-order valence-electron chi connectivity index (χ3n) is 7.29. The molecule has 2 atom stereocenters. The number of aliphatic carboxylic acids is 1. The van der Waals surface area contributed by atoms with Gasteiger partial charge in [-0.25, -0.2) is 4.39 Å². The summed E-state index contributed by atoms with van der Waals surface area (Å²) >= 11 is 0. The van der Waals surface area contributed by atoms with Gasteiger partial charge in [0.05, 0.1) is 36.5 Å². The average Bonchev–Trinajstić information content (AvgIpc) is 3.32. The minimum absolute atomic E-state index is 0. The number of benzene rings is 3. The first-order chi connectivity index (χ1) is 20.6. The number of halogens is 1. The summed E-state index contributed by atoms with van der Waals surface area (Å²) in [5.41, 5.74) is 5.19. The molecule has 8 nitrogen and oxygen atoms in total. The zero-order valence-electron chi connectivity index (χ0n) is 24.9. The second-order valence-electron chi connectivity index (χ2n) is 10.9. The van der Waals surface area contributed by atoms with Gasteiger partial charge in [-0.3, -0.25) is 9.59 Å². The molecule has 4 rings (SSSR count). The molecule has 0 unspecified atom stereocenters. The van der Waals surface area contributed by atoms with Crippen molar-refractivity contribution in [1.82, 2.24) is 4.57 Å². The van der Waals surface area contributed by atoms with Gasteiger partial charge in [0.2, 0.25) is 0 Å². The number of rotatable bonds is 13. The van der Waals surface area contributed by atoms with Gasteiger partial charge in [-0.15, -0.1) is 0 Å². The summed E-state index contributed by atoms with van der Waals surface area (Å²) in [5.74, 6) is -2.05. The predicted molar refractivity (Wildman–Crippen MR) is 176 cm³/mol. The normalized spacial score (nSPS) is 12.2. The van der Waals surface area contributed by atoms with Crippen LogP contribution in [0.3, 0.4) is 0 Å². The number of anilines is 1. The number of aliphatic hydroxyl groups excluding tert-OH is 3. The molecule has 0 saturated heterocycles. The Morgan fingerprint density at radius 3 is 2.07 bits per heavy atom. The fourth-order valence-corrected chi connectivity index (χ4v) is 5.38. The number of carbonyl (C=O) groups excluding carboxylic acids is 1. The number of aromatic nitrogens is 1. The molecule has 45 heavy (non-hydrogen) atoms. The van der Waals surface area contributed by atoms with Crippen molar-refractivity contribution in [2.75, 3.05) is 5.32 Å². The maximum Gasteiger partial charge on any atom is 2.00 e. The van der Waals surface area contributed by atoms with E-state index in [-0.39, 0.29) is 83.0 Å². The first-order valence-corrected chi connectivity index (χ1v) is 14.3. The Hall–Kier alpha value is -3.05. The van der Waals surface area contributed by atoms with Gasteiger partial charge in [-0.1, -0.05) is 63.7 Å². The van der Waals surface area contributed by atoms with Crippen molar-refractivity contribution in [3.8, 4) is 22.4 Å². The maximum atomic E-state index is 14.2. The quantitative estimate of drug-likeness (QED) is 0.112. The summed E-state index contributed by atoms with van der Waals surface area (Å²) < 4.78 is 16.0. The van der Waals surface area contributed by atoms with Crippen molar-refractivity contribution in [3.05, 3.63) is 102 Å². The maximum absolute atomic E-state index is 14.2. The molecule has 4 aromatic rings. The van der Waals surface area contributed by atoms with Crippen LogP contribution in [0, 0.1) is 5.82 Å². The minimum atomic E-state index is -1.20. The van der Waals surface area contributed by atoms with Gasteiger partial charge in [0, 0.05) is 23.5 Å². The van der Waals surface area contributed by atoms with Crippen molar-refractivity contribution in [3.63, 3.8) is 0 Å². The van der Waals surface area contributed by atoms with E-state index in [0.29, 0.717) is 39.3 Å². The molecule has 0 aliphatic heterocycles. The average molecular weight is 645 g/mol. The summed E-state index contributed by atoms with van der Waals surface area (Å²) in [5, 5.41) is 42.2. The zero-order chi connectivity index (χ0) is 31.1. The fourth-order valence-electron chi connectivity index (χ4n) is 5.38. The van der Waals surface area contributed by atoms with Gasteiger partial charge in [0.15, 0.2) is 0 Å². The van der Waals surface area contributed by atoms with Crippen LogP contribution < -0.4 is 5.32 Å². The summed E-state index contributed by atoms with van der Waals surface area (Å²) in [7, 11) is 0. The van der Waals surface area contributed by atoms with E-state index >= 15 is 0 Å². The fraction of sp³-hybridized carbons (Fsp3) is 0.314. The molecule has 0 fully saturated rings. The van der Waals surface area contributed by atoms with Crippen LogP contribution in [0.25, 0.3) is 22.4 Å². The van der Waals surface area contributed by atoms with E-state index in [0.717, 1.165) is 5.56 Å². The van der Waals surface area contributed by atoms with E-state index in [2.05, 4.69) is 5.32 Å². The largest absolute Gasteiger partial charge is 2.00 e. The Labute approximate surface area is 293 Å². The molecule has 3 aromatic carbocycles. The van der Waals surface area contributed by atoms with Gasteiger partial charge in [-0.05, 0) is 71.8 Å². The van der Waals surface area contributed by atoms with Crippen LogP contribution in [0.1, 0.15) is 68.1 Å². The van der Waals surface area contributed by atoms with E-state index in [1.54, 1.807) is 36.4 Å². The molecule has 0 bridgehead atoms. The number of carboxylic acid groups (broad SMARTS) is 1. The third-order valence-corrected chi connectivity index (χ3v) is 7.29. The topological polar surface area (TPSA) is 132 Å². The molecule has 234 valence electrons. The van der Waals surface area contributed by atoms with Crippen molar-refractivity contribution >= 4 is 55.3 Å².